The van der Waals surface area contributed by atoms with Gasteiger partial charge in [-0.05, 0) is 36.4 Å². The molecule has 3 aromatic rings. The number of thiazole rings is 1. The van der Waals surface area contributed by atoms with E-state index in [2.05, 4.69) is 40.7 Å². The van der Waals surface area contributed by atoms with Crippen LogP contribution in [0.5, 0.6) is 0 Å². The summed E-state index contributed by atoms with van der Waals surface area (Å²) in [5.74, 6) is 0.560. The lowest BCUT2D eigenvalue weighted by Crippen LogP contribution is -2.29. The molecule has 0 aliphatic carbocycles. The highest BCUT2D eigenvalue weighted by Crippen LogP contribution is 2.20. The summed E-state index contributed by atoms with van der Waals surface area (Å²) in [6, 6.07) is 0. The van der Waals surface area contributed by atoms with Crippen molar-refractivity contribution in [3.05, 3.63) is 35.5 Å². The first-order valence-electron chi connectivity index (χ1n) is 8.73. The second-order valence-electron chi connectivity index (χ2n) is 6.25. The Labute approximate surface area is 159 Å². The number of tetrazole rings is 1. The molecule has 1 fully saturated rings. The van der Waals surface area contributed by atoms with Crippen LogP contribution < -0.4 is 5.32 Å². The van der Waals surface area contributed by atoms with Gasteiger partial charge in [0.05, 0.1) is 25.0 Å². The van der Waals surface area contributed by atoms with E-state index in [-0.39, 0.29) is 12.5 Å². The van der Waals surface area contributed by atoms with Gasteiger partial charge in [0.1, 0.15) is 17.2 Å². The van der Waals surface area contributed by atoms with Crippen molar-refractivity contribution in [3.8, 4) is 10.7 Å². The van der Waals surface area contributed by atoms with Crippen LogP contribution in [0.1, 0.15) is 24.4 Å². The molecule has 0 spiro atoms. The normalized spacial score (nSPS) is 14.5. The van der Waals surface area contributed by atoms with E-state index in [1.807, 2.05) is 5.38 Å². The number of likely N-dealkylation sites (tertiary alicyclic amines) is 1. The van der Waals surface area contributed by atoms with Gasteiger partial charge in [-0.2, -0.15) is 0 Å². The lowest BCUT2D eigenvalue weighted by atomic mass is 10.4. The molecular formula is C16H19N9OS. The lowest BCUT2D eigenvalue weighted by Gasteiger charge is -2.13. The number of nitrogens with one attached hydrogen (secondary N) is 1. The molecule has 10 nitrogen and oxygen atoms in total. The number of hydrogen-bond acceptors (Lipinski definition) is 9. The minimum Gasteiger partial charge on any atom is -0.349 e. The Bertz CT molecular complexity index is 888. The van der Waals surface area contributed by atoms with Crippen molar-refractivity contribution in [3.63, 3.8) is 0 Å². The predicted molar refractivity (Wildman–Crippen MR) is 97.3 cm³/mol. The molecule has 4 rings (SSSR count). The summed E-state index contributed by atoms with van der Waals surface area (Å²) in [5, 5.41) is 17.2. The van der Waals surface area contributed by atoms with Gasteiger partial charge >= 0.3 is 0 Å². The third kappa shape index (κ3) is 4.49. The largest absolute Gasteiger partial charge is 0.349 e. The van der Waals surface area contributed by atoms with E-state index >= 15 is 0 Å². The van der Waals surface area contributed by atoms with Crippen molar-refractivity contribution in [2.24, 2.45) is 0 Å². The van der Waals surface area contributed by atoms with Gasteiger partial charge in [-0.15, -0.1) is 16.4 Å². The van der Waals surface area contributed by atoms with Crippen LogP contribution >= 0.6 is 11.3 Å². The average molecular weight is 385 g/mol. The van der Waals surface area contributed by atoms with E-state index in [1.54, 1.807) is 23.3 Å². The van der Waals surface area contributed by atoms with Gasteiger partial charge in [0.2, 0.25) is 5.91 Å². The van der Waals surface area contributed by atoms with Gasteiger partial charge in [-0.25, -0.2) is 9.67 Å². The number of rotatable bonds is 7. The number of hydrogen-bond donors (Lipinski definition) is 1. The number of aromatic nitrogens is 7. The van der Waals surface area contributed by atoms with E-state index in [1.165, 1.54) is 24.2 Å². The van der Waals surface area contributed by atoms with Crippen molar-refractivity contribution in [2.75, 3.05) is 13.1 Å². The minimum atomic E-state index is -0.154. The fraction of sp³-hybridized carbons (Fsp3) is 0.438. The summed E-state index contributed by atoms with van der Waals surface area (Å²) in [4.78, 5) is 27.3. The monoisotopic (exact) mass is 385 g/mol. The molecule has 0 radical (unpaired) electrons. The number of carbonyl (C=O) groups excluding carboxylic acids is 1. The van der Waals surface area contributed by atoms with Gasteiger partial charge in [-0.3, -0.25) is 19.7 Å². The fourth-order valence-electron chi connectivity index (χ4n) is 2.90. The third-order valence-electron chi connectivity index (χ3n) is 4.26. The summed E-state index contributed by atoms with van der Waals surface area (Å²) in [7, 11) is 0. The molecule has 4 heterocycles. The van der Waals surface area contributed by atoms with Crippen LogP contribution in [0.2, 0.25) is 0 Å². The zero-order valence-corrected chi connectivity index (χ0v) is 15.5. The van der Waals surface area contributed by atoms with Crippen LogP contribution in [0.25, 0.3) is 10.7 Å². The Kier molecular flexibility index (Phi) is 5.39. The molecule has 3 aromatic heterocycles. The predicted octanol–water partition coefficient (Wildman–Crippen LogP) is 0.499. The van der Waals surface area contributed by atoms with Gasteiger partial charge in [0.15, 0.2) is 5.82 Å². The Hall–Kier alpha value is -2.79. The van der Waals surface area contributed by atoms with Crippen LogP contribution in [-0.2, 0) is 24.4 Å². The average Bonchev–Trinajstić information content (AvgIpc) is 3.44. The number of nitrogens with zero attached hydrogens (tertiary/aromatic N) is 8. The van der Waals surface area contributed by atoms with Crippen molar-refractivity contribution < 1.29 is 4.79 Å². The summed E-state index contributed by atoms with van der Waals surface area (Å²) in [6.45, 7) is 3.22. The SMILES string of the molecule is O=C(Cn1nnnc1CN1CCCC1)NCc1csc(-c2cnccn2)n1. The number of carbonyl (C=O) groups is 1. The first-order chi connectivity index (χ1) is 13.3. The Morgan fingerprint density at radius 1 is 1.26 bits per heavy atom. The van der Waals surface area contributed by atoms with Crippen LogP contribution in [0.15, 0.2) is 24.0 Å². The van der Waals surface area contributed by atoms with Crippen LogP contribution in [0.3, 0.4) is 0 Å². The molecule has 0 bridgehead atoms. The minimum absolute atomic E-state index is 0.0946. The molecule has 0 saturated carbocycles. The number of amides is 1. The first-order valence-corrected chi connectivity index (χ1v) is 9.61. The molecule has 140 valence electrons. The molecule has 1 saturated heterocycles. The molecule has 1 N–H and O–H groups in total. The van der Waals surface area contributed by atoms with Crippen LogP contribution in [0.4, 0.5) is 0 Å². The summed E-state index contributed by atoms with van der Waals surface area (Å²) >= 11 is 1.47. The van der Waals surface area contributed by atoms with E-state index in [0.29, 0.717) is 18.9 Å². The van der Waals surface area contributed by atoms with Crippen molar-refractivity contribution >= 4 is 17.2 Å². The molecule has 1 aliphatic rings. The zero-order chi connectivity index (χ0) is 18.5. The molecule has 0 aromatic carbocycles. The fourth-order valence-corrected chi connectivity index (χ4v) is 3.68. The maximum atomic E-state index is 12.3. The molecule has 1 aliphatic heterocycles. The smallest absolute Gasteiger partial charge is 0.242 e. The van der Waals surface area contributed by atoms with Gasteiger partial charge in [0, 0.05) is 17.8 Å². The first kappa shape index (κ1) is 17.6. The second-order valence-corrected chi connectivity index (χ2v) is 7.11. The van der Waals surface area contributed by atoms with Gasteiger partial charge < -0.3 is 5.32 Å². The maximum Gasteiger partial charge on any atom is 0.242 e. The molecular weight excluding hydrogens is 366 g/mol. The highest BCUT2D eigenvalue weighted by Gasteiger charge is 2.17. The standard InChI is InChI=1S/C16H19N9OS/c26-15(10-25-14(21-22-23-25)9-24-5-1-2-6-24)19-7-12-11-27-16(20-12)13-8-17-3-4-18-13/h3-4,8,11H,1-2,5-7,9-10H2,(H,19,26). The second kappa shape index (κ2) is 8.27. The summed E-state index contributed by atoms with van der Waals surface area (Å²) in [5.41, 5.74) is 1.50. The van der Waals surface area contributed by atoms with Crippen molar-refractivity contribution in [1.29, 1.82) is 0 Å². The Morgan fingerprint density at radius 3 is 2.96 bits per heavy atom. The summed E-state index contributed by atoms with van der Waals surface area (Å²) < 4.78 is 1.56. The lowest BCUT2D eigenvalue weighted by molar-refractivity contribution is -0.122. The zero-order valence-electron chi connectivity index (χ0n) is 14.7. The summed E-state index contributed by atoms with van der Waals surface area (Å²) in [6.07, 6.45) is 7.32. The molecule has 0 atom stereocenters. The molecule has 27 heavy (non-hydrogen) atoms. The molecule has 1 amide bonds. The van der Waals surface area contributed by atoms with E-state index in [0.717, 1.165) is 29.5 Å². The maximum absolute atomic E-state index is 12.3. The molecule has 0 unspecified atom stereocenters. The van der Waals surface area contributed by atoms with Gasteiger partial charge in [-0.1, -0.05) is 0 Å². The van der Waals surface area contributed by atoms with E-state index in [4.69, 9.17) is 0 Å². The quantitative estimate of drug-likeness (QED) is 0.625. The van der Waals surface area contributed by atoms with Crippen molar-refractivity contribution in [1.82, 2.24) is 45.4 Å². The van der Waals surface area contributed by atoms with E-state index < -0.39 is 0 Å². The Balaban J connectivity index is 1.30. The van der Waals surface area contributed by atoms with Crippen molar-refractivity contribution in [2.45, 2.75) is 32.5 Å². The molecule has 11 heteroatoms. The topological polar surface area (TPSA) is 115 Å². The van der Waals surface area contributed by atoms with Crippen LogP contribution in [-0.4, -0.2) is 59.1 Å². The van der Waals surface area contributed by atoms with E-state index in [9.17, 15) is 4.79 Å². The Morgan fingerprint density at radius 2 is 2.15 bits per heavy atom. The van der Waals surface area contributed by atoms with Gasteiger partial charge in [0.25, 0.3) is 0 Å². The third-order valence-corrected chi connectivity index (χ3v) is 5.18. The highest BCUT2D eigenvalue weighted by atomic mass is 32.1. The van der Waals surface area contributed by atoms with Crippen LogP contribution in [0, 0.1) is 0 Å². The highest BCUT2D eigenvalue weighted by molar-refractivity contribution is 7.13.